The van der Waals surface area contributed by atoms with Crippen LogP contribution in [0.15, 0.2) is 51.7 Å². The second-order valence-corrected chi connectivity index (χ2v) is 6.28. The van der Waals surface area contributed by atoms with Gasteiger partial charge in [-0.25, -0.2) is 9.59 Å². The molecule has 2 aliphatic heterocycles. The topological polar surface area (TPSA) is 84.2 Å². The molecule has 136 valence electrons. The lowest BCUT2D eigenvalue weighted by atomic mass is 9.88. The third-order valence-corrected chi connectivity index (χ3v) is 4.85. The Kier molecular flexibility index (Phi) is 3.36. The van der Waals surface area contributed by atoms with E-state index in [1.807, 2.05) is 6.07 Å². The summed E-state index contributed by atoms with van der Waals surface area (Å²) in [4.78, 5) is 25.2. The predicted molar refractivity (Wildman–Crippen MR) is 93.3 cm³/mol. The van der Waals surface area contributed by atoms with Crippen molar-refractivity contribution >= 4 is 16.9 Å². The summed E-state index contributed by atoms with van der Waals surface area (Å²) in [5, 5.41) is 0.629. The molecule has 0 bridgehead atoms. The molecule has 2 atom stereocenters. The number of para-hydroxylation sites is 1. The second kappa shape index (κ2) is 5.77. The summed E-state index contributed by atoms with van der Waals surface area (Å²) in [5.41, 5.74) is 0.827. The Morgan fingerprint density at radius 3 is 2.78 bits per heavy atom. The SMILES string of the molecule is COC(=O)[C@@H]1Oc2c(c(=O)oc3ccccc23)[C@H]1c1ccc2c(c1)OCO2. The van der Waals surface area contributed by atoms with Gasteiger partial charge >= 0.3 is 11.6 Å². The third-order valence-electron chi connectivity index (χ3n) is 4.85. The van der Waals surface area contributed by atoms with Gasteiger partial charge in [0.2, 0.25) is 12.9 Å². The number of hydrogen-bond donors (Lipinski definition) is 0. The van der Waals surface area contributed by atoms with E-state index in [2.05, 4.69) is 0 Å². The van der Waals surface area contributed by atoms with Crippen molar-refractivity contribution in [3.05, 3.63) is 64.0 Å². The zero-order valence-corrected chi connectivity index (χ0v) is 14.3. The van der Waals surface area contributed by atoms with Gasteiger partial charge < -0.3 is 23.4 Å². The molecule has 2 aliphatic rings. The predicted octanol–water partition coefficient (Wildman–Crippen LogP) is 2.59. The highest BCUT2D eigenvalue weighted by Crippen LogP contribution is 2.46. The van der Waals surface area contributed by atoms with Crippen LogP contribution in [0.3, 0.4) is 0 Å². The maximum Gasteiger partial charge on any atom is 0.348 e. The van der Waals surface area contributed by atoms with Crippen LogP contribution in [0.5, 0.6) is 17.2 Å². The first-order valence-electron chi connectivity index (χ1n) is 8.37. The van der Waals surface area contributed by atoms with Crippen molar-refractivity contribution < 1.29 is 28.2 Å². The highest BCUT2D eigenvalue weighted by Gasteiger charge is 2.45. The van der Waals surface area contributed by atoms with E-state index in [1.165, 1.54) is 7.11 Å². The van der Waals surface area contributed by atoms with Crippen molar-refractivity contribution in [2.75, 3.05) is 13.9 Å². The maximum atomic E-state index is 12.7. The van der Waals surface area contributed by atoms with E-state index in [0.717, 1.165) is 0 Å². The standard InChI is InChI=1S/C20H14O7/c1-23-20(22)18-15(10-6-7-13-14(8-10)25-9-24-13)16-17(27-18)11-4-2-3-5-12(11)26-19(16)21/h2-8,15,18H,9H2,1H3/t15-,18-/m1/s1. The second-order valence-electron chi connectivity index (χ2n) is 6.28. The molecule has 7 heteroatoms. The summed E-state index contributed by atoms with van der Waals surface area (Å²) in [6.45, 7) is 0.129. The lowest BCUT2D eigenvalue weighted by Crippen LogP contribution is -2.31. The zero-order chi connectivity index (χ0) is 18.5. The van der Waals surface area contributed by atoms with E-state index in [4.69, 9.17) is 23.4 Å². The lowest BCUT2D eigenvalue weighted by molar-refractivity contribution is -0.148. The Bertz CT molecular complexity index is 1130. The first kappa shape index (κ1) is 15.7. The molecule has 3 heterocycles. The summed E-state index contributed by atoms with van der Waals surface area (Å²) in [6.07, 6.45) is -1.00. The lowest BCUT2D eigenvalue weighted by Gasteiger charge is -2.17. The van der Waals surface area contributed by atoms with Crippen LogP contribution < -0.4 is 19.8 Å². The van der Waals surface area contributed by atoms with Gasteiger partial charge in [-0.3, -0.25) is 0 Å². The Hall–Kier alpha value is -3.48. The molecule has 0 amide bonds. The monoisotopic (exact) mass is 366 g/mol. The van der Waals surface area contributed by atoms with Gasteiger partial charge in [-0.2, -0.15) is 0 Å². The largest absolute Gasteiger partial charge is 0.476 e. The average molecular weight is 366 g/mol. The van der Waals surface area contributed by atoms with Crippen molar-refractivity contribution in [1.29, 1.82) is 0 Å². The maximum absolute atomic E-state index is 12.7. The fourth-order valence-electron chi connectivity index (χ4n) is 3.63. The van der Waals surface area contributed by atoms with Crippen LogP contribution in [0.25, 0.3) is 11.0 Å². The van der Waals surface area contributed by atoms with Gasteiger partial charge in [-0.05, 0) is 29.8 Å². The minimum absolute atomic E-state index is 0.129. The fraction of sp³-hybridized carbons (Fsp3) is 0.200. The highest BCUT2D eigenvalue weighted by atomic mass is 16.7. The molecule has 0 saturated heterocycles. The van der Waals surface area contributed by atoms with Crippen molar-refractivity contribution in [3.63, 3.8) is 0 Å². The van der Waals surface area contributed by atoms with Gasteiger partial charge in [0.25, 0.3) is 0 Å². The summed E-state index contributed by atoms with van der Waals surface area (Å²) in [5.74, 6) is 0.257. The van der Waals surface area contributed by atoms with Crippen LogP contribution >= 0.6 is 0 Å². The van der Waals surface area contributed by atoms with Crippen LogP contribution in [-0.4, -0.2) is 26.0 Å². The summed E-state index contributed by atoms with van der Waals surface area (Å²) in [6, 6.07) is 12.3. The van der Waals surface area contributed by atoms with Crippen molar-refractivity contribution in [2.45, 2.75) is 12.0 Å². The molecule has 0 aliphatic carbocycles. The Morgan fingerprint density at radius 1 is 1.11 bits per heavy atom. The average Bonchev–Trinajstić information content (AvgIpc) is 3.32. The third kappa shape index (κ3) is 2.28. The number of fused-ring (bicyclic) bond motifs is 4. The molecule has 0 N–H and O–H groups in total. The fourth-order valence-corrected chi connectivity index (χ4v) is 3.63. The number of benzene rings is 2. The molecule has 2 aromatic carbocycles. The van der Waals surface area contributed by atoms with Gasteiger partial charge in [-0.1, -0.05) is 18.2 Å². The van der Waals surface area contributed by atoms with E-state index in [9.17, 15) is 9.59 Å². The first-order chi connectivity index (χ1) is 13.2. The van der Waals surface area contributed by atoms with E-state index < -0.39 is 23.6 Å². The molecule has 1 aromatic heterocycles. The molecule has 5 rings (SSSR count). The number of carbonyl (C=O) groups excluding carboxylic acids is 1. The van der Waals surface area contributed by atoms with Crippen molar-refractivity contribution in [1.82, 2.24) is 0 Å². The Labute approximate surface area is 153 Å². The van der Waals surface area contributed by atoms with Gasteiger partial charge in [-0.15, -0.1) is 0 Å². The normalized spacial score (nSPS) is 19.6. The summed E-state index contributed by atoms with van der Waals surface area (Å²) in [7, 11) is 1.28. The Morgan fingerprint density at radius 2 is 1.93 bits per heavy atom. The van der Waals surface area contributed by atoms with Gasteiger partial charge in [0.15, 0.2) is 11.5 Å². The molecule has 7 nitrogen and oxygen atoms in total. The molecule has 27 heavy (non-hydrogen) atoms. The molecule has 0 saturated carbocycles. The van der Waals surface area contributed by atoms with Crippen LogP contribution in [-0.2, 0) is 9.53 Å². The number of esters is 1. The smallest absolute Gasteiger partial charge is 0.348 e. The van der Waals surface area contributed by atoms with Crippen molar-refractivity contribution in [3.8, 4) is 17.2 Å². The van der Waals surface area contributed by atoms with E-state index in [0.29, 0.717) is 39.3 Å². The summed E-state index contributed by atoms with van der Waals surface area (Å²) < 4.78 is 27.1. The van der Waals surface area contributed by atoms with Crippen LogP contribution in [0, 0.1) is 0 Å². The molecule has 0 unspecified atom stereocenters. The van der Waals surface area contributed by atoms with Crippen LogP contribution in [0.4, 0.5) is 0 Å². The Balaban J connectivity index is 1.75. The molecule has 3 aromatic rings. The van der Waals surface area contributed by atoms with Gasteiger partial charge in [0, 0.05) is 0 Å². The minimum Gasteiger partial charge on any atom is -0.476 e. The molecule has 0 fully saturated rings. The number of hydrogen-bond acceptors (Lipinski definition) is 7. The molecule has 0 radical (unpaired) electrons. The van der Waals surface area contributed by atoms with Crippen molar-refractivity contribution in [2.24, 2.45) is 0 Å². The molecular weight excluding hydrogens is 352 g/mol. The van der Waals surface area contributed by atoms with Gasteiger partial charge in [0.05, 0.1) is 24.0 Å². The van der Waals surface area contributed by atoms with Crippen LogP contribution in [0.2, 0.25) is 0 Å². The minimum atomic E-state index is -1.00. The number of ether oxygens (including phenoxy) is 4. The van der Waals surface area contributed by atoms with Crippen LogP contribution in [0.1, 0.15) is 17.0 Å². The summed E-state index contributed by atoms with van der Waals surface area (Å²) >= 11 is 0. The molecule has 0 spiro atoms. The number of rotatable bonds is 2. The number of carbonyl (C=O) groups is 1. The highest BCUT2D eigenvalue weighted by molar-refractivity contribution is 5.88. The number of methoxy groups -OCH3 is 1. The zero-order valence-electron chi connectivity index (χ0n) is 14.3. The van der Waals surface area contributed by atoms with E-state index >= 15 is 0 Å². The van der Waals surface area contributed by atoms with Gasteiger partial charge in [0.1, 0.15) is 11.3 Å². The molecular formula is C20H14O7. The first-order valence-corrected chi connectivity index (χ1v) is 8.37. The van der Waals surface area contributed by atoms with E-state index in [1.54, 1.807) is 36.4 Å². The quantitative estimate of drug-likeness (QED) is 0.509. The van der Waals surface area contributed by atoms with E-state index in [-0.39, 0.29) is 6.79 Å².